The van der Waals surface area contributed by atoms with Crippen LogP contribution in [0.3, 0.4) is 0 Å². The summed E-state index contributed by atoms with van der Waals surface area (Å²) in [7, 11) is 0. The number of rotatable bonds is 6. The van der Waals surface area contributed by atoms with Crippen LogP contribution in [0.2, 0.25) is 0 Å². The molecular formula is C21H24N6O. The van der Waals surface area contributed by atoms with Gasteiger partial charge in [-0.25, -0.2) is 4.98 Å². The van der Waals surface area contributed by atoms with Crippen LogP contribution in [0.4, 0.5) is 23.1 Å². The number of aryl methyl sites for hydroxylation is 1. The monoisotopic (exact) mass is 376 g/mol. The maximum absolute atomic E-state index is 5.47. The molecule has 4 rings (SSSR count). The van der Waals surface area contributed by atoms with Gasteiger partial charge in [0.05, 0.1) is 36.8 Å². The Bertz CT molecular complexity index is 912. The zero-order valence-corrected chi connectivity index (χ0v) is 15.9. The lowest BCUT2D eigenvalue weighted by Crippen LogP contribution is -2.36. The maximum atomic E-state index is 5.47. The van der Waals surface area contributed by atoms with Crippen molar-refractivity contribution in [3.63, 3.8) is 0 Å². The van der Waals surface area contributed by atoms with Gasteiger partial charge in [0.15, 0.2) is 0 Å². The second-order valence-corrected chi connectivity index (χ2v) is 6.63. The minimum absolute atomic E-state index is 0.573. The lowest BCUT2D eigenvalue weighted by atomic mass is 10.2. The van der Waals surface area contributed by atoms with Crippen molar-refractivity contribution in [1.82, 2.24) is 15.0 Å². The molecule has 0 spiro atoms. The van der Waals surface area contributed by atoms with Crippen LogP contribution in [0.5, 0.6) is 0 Å². The number of nitrogens with zero attached hydrogens (tertiary/aromatic N) is 4. The summed E-state index contributed by atoms with van der Waals surface area (Å²) in [6, 6.07) is 16.0. The smallest absolute Gasteiger partial charge is 0.229 e. The van der Waals surface area contributed by atoms with E-state index >= 15 is 0 Å². The Kier molecular flexibility index (Phi) is 5.63. The average molecular weight is 376 g/mol. The molecule has 3 heterocycles. The first-order valence-corrected chi connectivity index (χ1v) is 9.46. The second kappa shape index (κ2) is 8.67. The van der Waals surface area contributed by atoms with Gasteiger partial charge in [0.1, 0.15) is 5.82 Å². The molecule has 0 atom stereocenters. The highest BCUT2D eigenvalue weighted by molar-refractivity contribution is 5.73. The number of nitrogens with one attached hydrogen (secondary N) is 2. The van der Waals surface area contributed by atoms with E-state index in [0.717, 1.165) is 54.9 Å². The number of benzene rings is 1. The normalized spacial score (nSPS) is 14.0. The van der Waals surface area contributed by atoms with Crippen molar-refractivity contribution in [2.24, 2.45) is 0 Å². The standard InChI is InChI=1S/C21H24N6O/c1-16-14-20(23-15-17-6-4-5-9-22-17)26-21(24-16)25-18-7-2-3-8-19(18)27-10-12-28-13-11-27/h2-9,14H,10-13,15H2,1H3,(H2,23,24,25,26). The van der Waals surface area contributed by atoms with Gasteiger partial charge in [-0.05, 0) is 31.2 Å². The van der Waals surface area contributed by atoms with E-state index in [9.17, 15) is 0 Å². The van der Waals surface area contributed by atoms with Gasteiger partial charge in [-0.15, -0.1) is 0 Å². The van der Waals surface area contributed by atoms with Crippen LogP contribution in [0.15, 0.2) is 54.7 Å². The third-order valence-electron chi connectivity index (χ3n) is 4.53. The Morgan fingerprint density at radius 3 is 2.68 bits per heavy atom. The van der Waals surface area contributed by atoms with Crippen molar-refractivity contribution >= 4 is 23.1 Å². The van der Waals surface area contributed by atoms with Crippen molar-refractivity contribution in [3.05, 3.63) is 66.1 Å². The average Bonchev–Trinajstić information content (AvgIpc) is 2.74. The lowest BCUT2D eigenvalue weighted by Gasteiger charge is -2.30. The van der Waals surface area contributed by atoms with Crippen LogP contribution in [0.1, 0.15) is 11.4 Å². The second-order valence-electron chi connectivity index (χ2n) is 6.63. The zero-order valence-electron chi connectivity index (χ0n) is 15.9. The van der Waals surface area contributed by atoms with Gasteiger partial charge in [0.2, 0.25) is 5.95 Å². The summed E-state index contributed by atoms with van der Waals surface area (Å²) in [5.74, 6) is 1.34. The van der Waals surface area contributed by atoms with Crippen molar-refractivity contribution in [3.8, 4) is 0 Å². The molecule has 0 aliphatic carbocycles. The molecule has 3 aromatic rings. The van der Waals surface area contributed by atoms with E-state index in [4.69, 9.17) is 4.74 Å². The molecule has 1 aliphatic heterocycles. The van der Waals surface area contributed by atoms with Gasteiger partial charge in [-0.3, -0.25) is 4.98 Å². The van der Waals surface area contributed by atoms with E-state index < -0.39 is 0 Å². The highest BCUT2D eigenvalue weighted by atomic mass is 16.5. The Hall–Kier alpha value is -3.19. The predicted octanol–water partition coefficient (Wildman–Crippen LogP) is 3.37. The molecule has 0 amide bonds. The minimum atomic E-state index is 0.573. The molecule has 2 aromatic heterocycles. The Morgan fingerprint density at radius 1 is 1.04 bits per heavy atom. The molecule has 1 aliphatic rings. The molecule has 1 aromatic carbocycles. The number of morpholine rings is 1. The number of para-hydroxylation sites is 2. The van der Waals surface area contributed by atoms with Gasteiger partial charge >= 0.3 is 0 Å². The maximum Gasteiger partial charge on any atom is 0.229 e. The van der Waals surface area contributed by atoms with Crippen LogP contribution < -0.4 is 15.5 Å². The molecule has 0 radical (unpaired) electrons. The van der Waals surface area contributed by atoms with Crippen molar-refractivity contribution in [2.45, 2.75) is 13.5 Å². The van der Waals surface area contributed by atoms with Gasteiger partial charge in [-0.2, -0.15) is 4.98 Å². The quantitative estimate of drug-likeness (QED) is 0.683. The number of aromatic nitrogens is 3. The number of ether oxygens (including phenoxy) is 1. The fourth-order valence-electron chi connectivity index (χ4n) is 3.18. The number of anilines is 4. The fraction of sp³-hybridized carbons (Fsp3) is 0.286. The molecule has 2 N–H and O–H groups in total. The molecule has 7 heteroatoms. The first-order valence-electron chi connectivity index (χ1n) is 9.46. The highest BCUT2D eigenvalue weighted by Crippen LogP contribution is 2.28. The Morgan fingerprint density at radius 2 is 1.86 bits per heavy atom. The van der Waals surface area contributed by atoms with E-state index in [0.29, 0.717) is 12.5 Å². The van der Waals surface area contributed by atoms with Crippen molar-refractivity contribution < 1.29 is 4.74 Å². The fourth-order valence-corrected chi connectivity index (χ4v) is 3.18. The topological polar surface area (TPSA) is 75.2 Å². The summed E-state index contributed by atoms with van der Waals surface area (Å²) in [6.07, 6.45) is 1.79. The first kappa shape index (κ1) is 18.2. The third kappa shape index (κ3) is 4.55. The molecule has 144 valence electrons. The zero-order chi connectivity index (χ0) is 19.2. The molecule has 28 heavy (non-hydrogen) atoms. The number of pyridine rings is 1. The van der Waals surface area contributed by atoms with E-state index in [-0.39, 0.29) is 0 Å². The molecule has 1 fully saturated rings. The number of hydrogen-bond donors (Lipinski definition) is 2. The van der Waals surface area contributed by atoms with Gasteiger partial charge in [0.25, 0.3) is 0 Å². The summed E-state index contributed by atoms with van der Waals surface area (Å²) < 4.78 is 5.47. The Balaban J connectivity index is 1.51. The van der Waals surface area contributed by atoms with E-state index in [1.165, 1.54) is 0 Å². The van der Waals surface area contributed by atoms with Crippen LogP contribution in [-0.2, 0) is 11.3 Å². The summed E-state index contributed by atoms with van der Waals surface area (Å²) in [6.45, 7) is 5.83. The Labute approximate surface area is 164 Å². The molecule has 7 nitrogen and oxygen atoms in total. The summed E-state index contributed by atoms with van der Waals surface area (Å²) in [5, 5.41) is 6.71. The first-order chi connectivity index (χ1) is 13.8. The molecule has 0 saturated carbocycles. The van der Waals surface area contributed by atoms with E-state index in [2.05, 4.69) is 42.6 Å². The lowest BCUT2D eigenvalue weighted by molar-refractivity contribution is 0.123. The predicted molar refractivity (Wildman–Crippen MR) is 111 cm³/mol. The molecule has 0 unspecified atom stereocenters. The van der Waals surface area contributed by atoms with Crippen LogP contribution in [0, 0.1) is 6.92 Å². The molecule has 0 bridgehead atoms. The summed E-state index contributed by atoms with van der Waals surface area (Å²) in [5.41, 5.74) is 3.99. The van der Waals surface area contributed by atoms with Crippen molar-refractivity contribution in [1.29, 1.82) is 0 Å². The molecular weight excluding hydrogens is 352 g/mol. The van der Waals surface area contributed by atoms with Crippen LogP contribution in [-0.4, -0.2) is 41.3 Å². The van der Waals surface area contributed by atoms with Crippen molar-refractivity contribution in [2.75, 3.05) is 41.8 Å². The highest BCUT2D eigenvalue weighted by Gasteiger charge is 2.15. The number of hydrogen-bond acceptors (Lipinski definition) is 7. The van der Waals surface area contributed by atoms with E-state index in [1.807, 2.05) is 43.3 Å². The SMILES string of the molecule is Cc1cc(NCc2ccccn2)nc(Nc2ccccc2N2CCOCC2)n1. The van der Waals surface area contributed by atoms with Gasteiger partial charge in [-0.1, -0.05) is 18.2 Å². The minimum Gasteiger partial charge on any atom is -0.378 e. The van der Waals surface area contributed by atoms with Crippen LogP contribution in [0.25, 0.3) is 0 Å². The summed E-state index contributed by atoms with van der Waals surface area (Å²) >= 11 is 0. The van der Waals surface area contributed by atoms with Crippen LogP contribution >= 0.6 is 0 Å². The van der Waals surface area contributed by atoms with Gasteiger partial charge in [0, 0.05) is 31.0 Å². The van der Waals surface area contributed by atoms with E-state index in [1.54, 1.807) is 6.20 Å². The van der Waals surface area contributed by atoms with Gasteiger partial charge < -0.3 is 20.3 Å². The third-order valence-corrected chi connectivity index (χ3v) is 4.53. The summed E-state index contributed by atoms with van der Waals surface area (Å²) in [4.78, 5) is 15.8. The largest absolute Gasteiger partial charge is 0.378 e. The molecule has 1 saturated heterocycles.